The fraction of sp³-hybridized carbons (Fsp3) is 0.954. The maximum absolute atomic E-state index is 12.6. The molecule has 0 radical (unpaired) electrons. The minimum Gasteiger partial charge on any atom is -0.466 e. The van der Waals surface area contributed by atoms with E-state index in [-0.39, 0.29) is 18.5 Å². The highest BCUT2D eigenvalue weighted by Crippen LogP contribution is 2.21. The predicted octanol–water partition coefficient (Wildman–Crippen LogP) is 29.0. The summed E-state index contributed by atoms with van der Waals surface area (Å²) in [5, 5.41) is 23.5. The van der Waals surface area contributed by atoms with Gasteiger partial charge in [-0.2, -0.15) is 0 Å². The third-order valence-corrected chi connectivity index (χ3v) is 20.8. The zero-order valence-electron chi connectivity index (χ0n) is 63.8. The highest BCUT2D eigenvalue weighted by molar-refractivity contribution is 5.76. The van der Waals surface area contributed by atoms with Gasteiger partial charge in [0.15, 0.2) is 0 Å². The first-order chi connectivity index (χ1) is 46.0. The van der Waals surface area contributed by atoms with Crippen LogP contribution in [-0.2, 0) is 14.3 Å². The van der Waals surface area contributed by atoms with Crippen LogP contribution < -0.4 is 5.32 Å². The number of hydrogen-bond donors (Lipinski definition) is 3. The summed E-state index contributed by atoms with van der Waals surface area (Å²) >= 11 is 0. The second-order valence-electron chi connectivity index (χ2n) is 30.2. The molecule has 0 fully saturated rings. The van der Waals surface area contributed by atoms with Crippen molar-refractivity contribution in [1.82, 2.24) is 5.32 Å². The number of allylic oxidation sites excluding steroid dienone is 2. The minimum atomic E-state index is -0.661. The van der Waals surface area contributed by atoms with Crippen LogP contribution in [0.2, 0.25) is 0 Å². The van der Waals surface area contributed by atoms with Gasteiger partial charge in [-0.15, -0.1) is 0 Å². The van der Waals surface area contributed by atoms with Crippen LogP contribution in [0.1, 0.15) is 508 Å². The number of nitrogens with one attached hydrogen (secondary N) is 1. The molecule has 0 aliphatic heterocycles. The van der Waals surface area contributed by atoms with E-state index in [1.54, 1.807) is 0 Å². The maximum Gasteiger partial charge on any atom is 0.305 e. The molecule has 554 valence electrons. The van der Waals surface area contributed by atoms with Gasteiger partial charge in [0, 0.05) is 12.8 Å². The molecule has 0 aliphatic rings. The molecular formula is C87H171NO5. The largest absolute Gasteiger partial charge is 0.466 e. The van der Waals surface area contributed by atoms with Gasteiger partial charge in [0.1, 0.15) is 0 Å². The van der Waals surface area contributed by atoms with Crippen LogP contribution in [-0.4, -0.2) is 47.4 Å². The van der Waals surface area contributed by atoms with Crippen molar-refractivity contribution in [1.29, 1.82) is 0 Å². The Balaban J connectivity index is 3.30. The van der Waals surface area contributed by atoms with Crippen molar-refractivity contribution in [2.45, 2.75) is 520 Å². The summed E-state index contributed by atoms with van der Waals surface area (Å²) in [6.45, 7) is 5.02. The van der Waals surface area contributed by atoms with E-state index in [0.717, 1.165) is 38.5 Å². The van der Waals surface area contributed by atoms with E-state index >= 15 is 0 Å². The normalized spacial score (nSPS) is 12.4. The Bertz CT molecular complexity index is 1420. The van der Waals surface area contributed by atoms with Crippen molar-refractivity contribution in [2.24, 2.45) is 0 Å². The van der Waals surface area contributed by atoms with Gasteiger partial charge in [0.05, 0.1) is 25.4 Å². The lowest BCUT2D eigenvalue weighted by Gasteiger charge is -2.22. The summed E-state index contributed by atoms with van der Waals surface area (Å²) in [5.74, 6) is -0.00192. The van der Waals surface area contributed by atoms with Crippen molar-refractivity contribution in [3.05, 3.63) is 12.2 Å². The molecule has 0 bridgehead atoms. The Morgan fingerprint density at radius 2 is 0.505 bits per heavy atom. The lowest BCUT2D eigenvalue weighted by Crippen LogP contribution is -2.45. The van der Waals surface area contributed by atoms with Gasteiger partial charge in [0.2, 0.25) is 5.91 Å². The van der Waals surface area contributed by atoms with E-state index in [9.17, 15) is 19.8 Å². The van der Waals surface area contributed by atoms with Crippen LogP contribution >= 0.6 is 0 Å². The van der Waals surface area contributed by atoms with Gasteiger partial charge in [-0.25, -0.2) is 0 Å². The first-order valence-corrected chi connectivity index (χ1v) is 43.4. The number of aliphatic hydroxyl groups excluding tert-OH is 2. The zero-order chi connectivity index (χ0) is 67.0. The molecule has 0 rings (SSSR count). The summed E-state index contributed by atoms with van der Waals surface area (Å²) in [5.41, 5.74) is 0. The Morgan fingerprint density at radius 1 is 0.290 bits per heavy atom. The van der Waals surface area contributed by atoms with E-state index in [1.165, 1.54) is 437 Å². The van der Waals surface area contributed by atoms with Crippen molar-refractivity contribution in [2.75, 3.05) is 13.2 Å². The fourth-order valence-electron chi connectivity index (χ4n) is 14.2. The molecule has 0 saturated carbocycles. The standard InChI is InChI=1S/C87H171NO5/c1-3-5-7-9-11-13-15-17-19-21-23-24-38-41-44-47-51-55-59-63-67-71-75-79-85(90)84(83-89)88-86(91)80-76-72-68-64-60-56-52-48-45-42-39-36-34-32-30-28-26-25-27-29-31-33-35-37-40-43-46-50-54-58-62-66-70-74-78-82-93-87(92)81-77-73-69-65-61-57-53-49-22-20-18-16-14-12-10-8-6-4-2/h20,22,84-85,89-90H,3-19,21,23-83H2,1-2H3,(H,88,91)/b22-20-. The monoisotopic (exact) mass is 1310 g/mol. The van der Waals surface area contributed by atoms with Gasteiger partial charge < -0.3 is 20.3 Å². The summed E-state index contributed by atoms with van der Waals surface area (Å²) in [6.07, 6.45) is 106. The van der Waals surface area contributed by atoms with Crippen LogP contribution in [0.3, 0.4) is 0 Å². The van der Waals surface area contributed by atoms with Crippen molar-refractivity contribution in [3.63, 3.8) is 0 Å². The predicted molar refractivity (Wildman–Crippen MR) is 412 cm³/mol. The van der Waals surface area contributed by atoms with Crippen molar-refractivity contribution in [3.8, 4) is 0 Å². The van der Waals surface area contributed by atoms with Crippen LogP contribution in [0.25, 0.3) is 0 Å². The highest BCUT2D eigenvalue weighted by atomic mass is 16.5. The number of amides is 1. The first kappa shape index (κ1) is 91.6. The number of aliphatic hydroxyl groups is 2. The molecule has 6 heteroatoms. The number of hydrogen-bond acceptors (Lipinski definition) is 5. The van der Waals surface area contributed by atoms with Crippen LogP contribution in [0.5, 0.6) is 0 Å². The molecule has 2 unspecified atom stereocenters. The lowest BCUT2D eigenvalue weighted by molar-refractivity contribution is -0.143. The molecule has 0 aromatic carbocycles. The molecular weight excluding hydrogens is 1140 g/mol. The van der Waals surface area contributed by atoms with E-state index in [4.69, 9.17) is 4.74 Å². The molecule has 93 heavy (non-hydrogen) atoms. The van der Waals surface area contributed by atoms with Gasteiger partial charge in [-0.05, 0) is 51.4 Å². The van der Waals surface area contributed by atoms with Crippen molar-refractivity contribution >= 4 is 11.9 Å². The zero-order valence-corrected chi connectivity index (χ0v) is 63.8. The minimum absolute atomic E-state index is 0.0212. The van der Waals surface area contributed by atoms with Crippen LogP contribution in [0.4, 0.5) is 0 Å². The number of esters is 1. The Morgan fingerprint density at radius 3 is 0.763 bits per heavy atom. The molecule has 0 spiro atoms. The average molecular weight is 1310 g/mol. The SMILES string of the molecule is CCCCCCCCC/C=C\CCCCCCCCCC(=O)OCCCCCCCCCCCCCCCCCCCCCCCCCCCCCCCCCCCCCC(=O)NC(CO)C(O)CCCCCCCCCCCCCCCCCCCCCCCCC. The van der Waals surface area contributed by atoms with Gasteiger partial charge >= 0.3 is 5.97 Å². The van der Waals surface area contributed by atoms with Gasteiger partial charge in [0.25, 0.3) is 0 Å². The Hall–Kier alpha value is -1.40. The van der Waals surface area contributed by atoms with Crippen LogP contribution in [0, 0.1) is 0 Å². The number of carbonyl (C=O) groups is 2. The molecule has 0 aliphatic carbocycles. The summed E-state index contributed by atoms with van der Waals surface area (Å²) in [6, 6.07) is -0.538. The third-order valence-electron chi connectivity index (χ3n) is 20.8. The van der Waals surface area contributed by atoms with E-state index < -0.39 is 12.1 Å². The molecule has 0 saturated heterocycles. The highest BCUT2D eigenvalue weighted by Gasteiger charge is 2.20. The number of carbonyl (C=O) groups excluding carboxylic acids is 2. The molecule has 0 aromatic heterocycles. The molecule has 3 N–H and O–H groups in total. The number of unbranched alkanes of at least 4 members (excludes halogenated alkanes) is 70. The summed E-state index contributed by atoms with van der Waals surface area (Å²) in [4.78, 5) is 24.7. The van der Waals surface area contributed by atoms with Gasteiger partial charge in [-0.1, -0.05) is 456 Å². The fourth-order valence-corrected chi connectivity index (χ4v) is 14.2. The Labute approximate surface area is 584 Å². The summed E-state index contributed by atoms with van der Waals surface area (Å²) in [7, 11) is 0. The van der Waals surface area contributed by atoms with E-state index in [2.05, 4.69) is 31.3 Å². The second-order valence-corrected chi connectivity index (χ2v) is 30.2. The average Bonchev–Trinajstić information content (AvgIpc) is 3.72. The third kappa shape index (κ3) is 79.5. The number of rotatable bonds is 83. The molecule has 0 aromatic rings. The number of ether oxygens (including phenoxy) is 1. The topological polar surface area (TPSA) is 95.9 Å². The molecule has 1 amide bonds. The van der Waals surface area contributed by atoms with E-state index in [0.29, 0.717) is 25.9 Å². The van der Waals surface area contributed by atoms with Crippen molar-refractivity contribution < 1.29 is 24.5 Å². The molecule has 2 atom stereocenters. The van der Waals surface area contributed by atoms with E-state index in [1.807, 2.05) is 0 Å². The summed E-state index contributed by atoms with van der Waals surface area (Å²) < 4.78 is 5.52. The smallest absolute Gasteiger partial charge is 0.305 e. The Kier molecular flexibility index (Phi) is 81.8. The van der Waals surface area contributed by atoms with Crippen LogP contribution in [0.15, 0.2) is 12.2 Å². The second kappa shape index (κ2) is 83.0. The van der Waals surface area contributed by atoms with Gasteiger partial charge in [-0.3, -0.25) is 9.59 Å². The maximum atomic E-state index is 12.6. The molecule has 0 heterocycles. The molecule has 6 nitrogen and oxygen atoms in total. The lowest BCUT2D eigenvalue weighted by atomic mass is 10.0. The first-order valence-electron chi connectivity index (χ1n) is 43.4. The quantitative estimate of drug-likeness (QED) is 0.0320.